The van der Waals surface area contributed by atoms with Gasteiger partial charge in [-0.15, -0.1) is 0 Å². The summed E-state index contributed by atoms with van der Waals surface area (Å²) >= 11 is 0. The van der Waals surface area contributed by atoms with Gasteiger partial charge >= 0.3 is 5.97 Å². The van der Waals surface area contributed by atoms with Crippen LogP contribution in [0.2, 0.25) is 0 Å². The molecule has 96 valence electrons. The van der Waals surface area contributed by atoms with Crippen molar-refractivity contribution in [3.63, 3.8) is 0 Å². The zero-order chi connectivity index (χ0) is 12.2. The third-order valence-corrected chi connectivity index (χ3v) is 2.12. The third kappa shape index (κ3) is 7.58. The molecule has 4 N–H and O–H groups in total. The number of aliphatic hydroxyl groups excluding tert-OH is 2. The van der Waals surface area contributed by atoms with E-state index in [0.29, 0.717) is 19.5 Å². The van der Waals surface area contributed by atoms with Crippen LogP contribution in [-0.2, 0) is 9.53 Å². The van der Waals surface area contributed by atoms with Gasteiger partial charge in [0.1, 0.15) is 6.04 Å². The van der Waals surface area contributed by atoms with Crippen molar-refractivity contribution in [2.24, 2.45) is 0 Å². The third-order valence-electron chi connectivity index (χ3n) is 2.12. The number of nitrogens with one attached hydrogen (secondary N) is 2. The van der Waals surface area contributed by atoms with E-state index in [1.54, 1.807) is 0 Å². The highest BCUT2D eigenvalue weighted by atomic mass is 16.5. The fourth-order valence-corrected chi connectivity index (χ4v) is 1.32. The maximum atomic E-state index is 11.3. The van der Waals surface area contributed by atoms with Crippen LogP contribution in [0.25, 0.3) is 0 Å². The van der Waals surface area contributed by atoms with E-state index in [9.17, 15) is 4.79 Å². The second-order valence-electron chi connectivity index (χ2n) is 3.37. The van der Waals surface area contributed by atoms with Crippen LogP contribution in [0.15, 0.2) is 0 Å². The van der Waals surface area contributed by atoms with Crippen molar-refractivity contribution in [3.05, 3.63) is 0 Å². The summed E-state index contributed by atoms with van der Waals surface area (Å²) in [6, 6.07) is -0.368. The van der Waals surface area contributed by atoms with E-state index in [2.05, 4.69) is 15.4 Å². The molecule has 0 amide bonds. The summed E-state index contributed by atoms with van der Waals surface area (Å²) < 4.78 is 4.64. The van der Waals surface area contributed by atoms with Gasteiger partial charge in [0, 0.05) is 13.1 Å². The van der Waals surface area contributed by atoms with E-state index in [1.807, 2.05) is 0 Å². The fraction of sp³-hybridized carbons (Fsp3) is 0.900. The highest BCUT2D eigenvalue weighted by molar-refractivity contribution is 5.75. The number of esters is 1. The van der Waals surface area contributed by atoms with Gasteiger partial charge in [0.05, 0.1) is 20.3 Å². The lowest BCUT2D eigenvalue weighted by Crippen LogP contribution is -2.39. The molecule has 0 aliphatic heterocycles. The minimum atomic E-state index is -0.368. The first-order valence-corrected chi connectivity index (χ1v) is 5.50. The van der Waals surface area contributed by atoms with Gasteiger partial charge in [-0.25, -0.2) is 0 Å². The standard InChI is InChI=1S/C10H22N2O4/c1-16-10(15)9(12-6-8-14)3-2-4-11-5-7-13/h9,11-14H,2-8H2,1H3. The van der Waals surface area contributed by atoms with Gasteiger partial charge < -0.3 is 25.6 Å². The zero-order valence-electron chi connectivity index (χ0n) is 9.74. The molecule has 0 rings (SSSR count). The highest BCUT2D eigenvalue weighted by Gasteiger charge is 2.17. The van der Waals surface area contributed by atoms with Crippen LogP contribution in [-0.4, -0.2) is 62.2 Å². The van der Waals surface area contributed by atoms with Crippen LogP contribution >= 0.6 is 0 Å². The van der Waals surface area contributed by atoms with Crippen LogP contribution in [0.4, 0.5) is 0 Å². The van der Waals surface area contributed by atoms with E-state index >= 15 is 0 Å². The maximum absolute atomic E-state index is 11.3. The SMILES string of the molecule is COC(=O)C(CCCNCCO)NCCO. The Morgan fingerprint density at radius 3 is 2.50 bits per heavy atom. The van der Waals surface area contributed by atoms with Crippen LogP contribution < -0.4 is 10.6 Å². The van der Waals surface area contributed by atoms with E-state index in [1.165, 1.54) is 7.11 Å². The second kappa shape index (κ2) is 10.8. The largest absolute Gasteiger partial charge is 0.468 e. The topological polar surface area (TPSA) is 90.8 Å². The van der Waals surface area contributed by atoms with Crippen molar-refractivity contribution in [1.29, 1.82) is 0 Å². The number of rotatable bonds is 10. The highest BCUT2D eigenvalue weighted by Crippen LogP contribution is 1.98. The molecular weight excluding hydrogens is 212 g/mol. The predicted molar refractivity (Wildman–Crippen MR) is 60.1 cm³/mol. The summed E-state index contributed by atoms with van der Waals surface area (Å²) in [4.78, 5) is 11.3. The summed E-state index contributed by atoms with van der Waals surface area (Å²) in [5, 5.41) is 23.1. The van der Waals surface area contributed by atoms with Crippen LogP contribution in [0.1, 0.15) is 12.8 Å². The molecule has 0 aliphatic carbocycles. The first-order valence-electron chi connectivity index (χ1n) is 5.50. The lowest BCUT2D eigenvalue weighted by Gasteiger charge is -2.15. The number of carbonyl (C=O) groups is 1. The molecule has 0 heterocycles. The number of aliphatic hydroxyl groups is 2. The molecule has 0 saturated carbocycles. The summed E-state index contributed by atoms with van der Waals surface area (Å²) in [7, 11) is 1.35. The molecule has 0 spiro atoms. The number of methoxy groups -OCH3 is 1. The molecule has 0 aromatic rings. The number of hydrogen-bond acceptors (Lipinski definition) is 6. The second-order valence-corrected chi connectivity index (χ2v) is 3.37. The molecule has 16 heavy (non-hydrogen) atoms. The van der Waals surface area contributed by atoms with Crippen molar-refractivity contribution in [1.82, 2.24) is 10.6 Å². The zero-order valence-corrected chi connectivity index (χ0v) is 9.74. The smallest absolute Gasteiger partial charge is 0.322 e. The number of carbonyl (C=O) groups excluding carboxylic acids is 1. The summed E-state index contributed by atoms with van der Waals surface area (Å²) in [6.45, 7) is 1.80. The molecule has 0 aromatic heterocycles. The first-order chi connectivity index (χ1) is 7.76. The Morgan fingerprint density at radius 2 is 1.94 bits per heavy atom. The summed E-state index contributed by atoms with van der Waals surface area (Å²) in [5.74, 6) is -0.310. The monoisotopic (exact) mass is 234 g/mol. The lowest BCUT2D eigenvalue weighted by atomic mass is 10.1. The van der Waals surface area contributed by atoms with E-state index < -0.39 is 0 Å². The normalized spacial score (nSPS) is 12.4. The molecule has 0 fully saturated rings. The molecule has 1 atom stereocenters. The van der Waals surface area contributed by atoms with Crippen LogP contribution in [0, 0.1) is 0 Å². The quantitative estimate of drug-likeness (QED) is 0.271. The average molecular weight is 234 g/mol. The fourth-order valence-electron chi connectivity index (χ4n) is 1.32. The molecule has 1 unspecified atom stereocenters. The van der Waals surface area contributed by atoms with Gasteiger partial charge in [-0.3, -0.25) is 4.79 Å². The predicted octanol–water partition coefficient (Wildman–Crippen LogP) is -1.53. The number of ether oxygens (including phenoxy) is 1. The molecule has 0 radical (unpaired) electrons. The van der Waals surface area contributed by atoms with E-state index in [0.717, 1.165) is 13.0 Å². The van der Waals surface area contributed by atoms with Gasteiger partial charge in [-0.05, 0) is 19.4 Å². The lowest BCUT2D eigenvalue weighted by molar-refractivity contribution is -0.143. The van der Waals surface area contributed by atoms with Crippen molar-refractivity contribution in [2.75, 3.05) is 40.0 Å². The first kappa shape index (κ1) is 15.3. The van der Waals surface area contributed by atoms with Gasteiger partial charge in [0.2, 0.25) is 0 Å². The maximum Gasteiger partial charge on any atom is 0.322 e. The Balaban J connectivity index is 3.69. The molecule has 6 nitrogen and oxygen atoms in total. The van der Waals surface area contributed by atoms with Crippen molar-refractivity contribution in [2.45, 2.75) is 18.9 Å². The average Bonchev–Trinajstić information content (AvgIpc) is 2.31. The van der Waals surface area contributed by atoms with Gasteiger partial charge in [-0.1, -0.05) is 0 Å². The van der Waals surface area contributed by atoms with Gasteiger partial charge in [-0.2, -0.15) is 0 Å². The number of hydrogen-bond donors (Lipinski definition) is 4. The Hall–Kier alpha value is -0.690. The van der Waals surface area contributed by atoms with Crippen molar-refractivity contribution < 1.29 is 19.7 Å². The molecule has 6 heteroatoms. The van der Waals surface area contributed by atoms with Gasteiger partial charge in [0.25, 0.3) is 0 Å². The summed E-state index contributed by atoms with van der Waals surface area (Å²) in [6.07, 6.45) is 1.45. The molecule has 0 saturated heterocycles. The summed E-state index contributed by atoms with van der Waals surface area (Å²) in [5.41, 5.74) is 0. The van der Waals surface area contributed by atoms with E-state index in [-0.39, 0.29) is 25.2 Å². The minimum absolute atomic E-state index is 0.00371. The Bertz CT molecular complexity index is 178. The van der Waals surface area contributed by atoms with Crippen molar-refractivity contribution in [3.8, 4) is 0 Å². The Kier molecular flexibility index (Phi) is 10.3. The molecule has 0 bridgehead atoms. The Morgan fingerprint density at radius 1 is 1.25 bits per heavy atom. The molecular formula is C10H22N2O4. The van der Waals surface area contributed by atoms with Crippen LogP contribution in [0.3, 0.4) is 0 Å². The van der Waals surface area contributed by atoms with Crippen LogP contribution in [0.5, 0.6) is 0 Å². The molecule has 0 aliphatic rings. The van der Waals surface area contributed by atoms with Crippen molar-refractivity contribution >= 4 is 5.97 Å². The van der Waals surface area contributed by atoms with E-state index in [4.69, 9.17) is 10.2 Å². The Labute approximate surface area is 96.0 Å². The van der Waals surface area contributed by atoms with Gasteiger partial charge in [0.15, 0.2) is 0 Å². The molecule has 0 aromatic carbocycles. The minimum Gasteiger partial charge on any atom is -0.468 e.